The minimum atomic E-state index is -0.207. The zero-order valence-electron chi connectivity index (χ0n) is 7.19. The molecule has 0 aromatic carbocycles. The van der Waals surface area contributed by atoms with Crippen LogP contribution in [-0.4, -0.2) is 26.4 Å². The number of aliphatic hydroxyl groups excluding tert-OH is 1. The van der Waals surface area contributed by atoms with Crippen LogP contribution in [0.25, 0.3) is 0 Å². The molecule has 1 N–H and O–H groups in total. The molecule has 0 aliphatic rings. The van der Waals surface area contributed by atoms with E-state index in [9.17, 15) is 0 Å². The van der Waals surface area contributed by atoms with Gasteiger partial charge in [-0.05, 0) is 19.9 Å². The molecule has 0 fully saturated rings. The van der Waals surface area contributed by atoms with Gasteiger partial charge < -0.3 is 5.11 Å². The van der Waals surface area contributed by atoms with Gasteiger partial charge in [-0.15, -0.1) is 0 Å². The molecule has 0 saturated heterocycles. The van der Waals surface area contributed by atoms with Gasteiger partial charge in [0.25, 0.3) is 0 Å². The molecule has 0 amide bonds. The molecule has 0 radical (unpaired) electrons. The van der Waals surface area contributed by atoms with Crippen LogP contribution >= 0.6 is 11.8 Å². The van der Waals surface area contributed by atoms with E-state index in [1.165, 1.54) is 11.8 Å². The summed E-state index contributed by atoms with van der Waals surface area (Å²) >= 11 is 1.47. The van der Waals surface area contributed by atoms with Gasteiger partial charge >= 0.3 is 0 Å². The summed E-state index contributed by atoms with van der Waals surface area (Å²) < 4.78 is -0.207. The fraction of sp³-hybridized carbons (Fsp3) is 0.500. The van der Waals surface area contributed by atoms with Crippen molar-refractivity contribution in [3.05, 3.63) is 18.5 Å². The molecular weight excluding hydrogens is 172 g/mol. The molecule has 0 bridgehead atoms. The zero-order chi connectivity index (χ0) is 9.03. The third-order valence-electron chi connectivity index (χ3n) is 1.29. The monoisotopic (exact) mass is 184 g/mol. The minimum Gasteiger partial charge on any atom is -0.395 e. The summed E-state index contributed by atoms with van der Waals surface area (Å²) in [5.74, 6) is 0. The molecule has 0 aliphatic heterocycles. The van der Waals surface area contributed by atoms with Gasteiger partial charge in [0, 0.05) is 17.1 Å². The maximum absolute atomic E-state index is 8.98. The number of nitrogens with zero attached hydrogens (tertiary/aromatic N) is 2. The molecule has 1 rings (SSSR count). The summed E-state index contributed by atoms with van der Waals surface area (Å²) in [7, 11) is 0. The molecule has 66 valence electrons. The van der Waals surface area contributed by atoms with E-state index in [2.05, 4.69) is 9.97 Å². The second-order valence-corrected chi connectivity index (χ2v) is 4.73. The predicted molar refractivity (Wildman–Crippen MR) is 49.1 cm³/mol. The number of thioether (sulfide) groups is 1. The Morgan fingerprint density at radius 1 is 1.42 bits per heavy atom. The van der Waals surface area contributed by atoms with Gasteiger partial charge in [0.1, 0.15) is 0 Å². The minimum absolute atomic E-state index is 0.121. The Kier molecular flexibility index (Phi) is 3.05. The van der Waals surface area contributed by atoms with E-state index in [0.717, 1.165) is 0 Å². The number of aromatic nitrogens is 2. The highest BCUT2D eigenvalue weighted by Crippen LogP contribution is 2.28. The molecule has 0 atom stereocenters. The lowest BCUT2D eigenvalue weighted by molar-refractivity contribution is 0.265. The third kappa shape index (κ3) is 2.79. The fourth-order valence-electron chi connectivity index (χ4n) is 0.618. The van der Waals surface area contributed by atoms with Gasteiger partial charge in [0.05, 0.1) is 6.61 Å². The number of hydrogen-bond acceptors (Lipinski definition) is 4. The van der Waals surface area contributed by atoms with Crippen molar-refractivity contribution in [3.63, 3.8) is 0 Å². The van der Waals surface area contributed by atoms with Crippen LogP contribution in [0.15, 0.2) is 23.6 Å². The van der Waals surface area contributed by atoms with Crippen LogP contribution in [-0.2, 0) is 0 Å². The Bertz CT molecular complexity index is 238. The summed E-state index contributed by atoms with van der Waals surface area (Å²) in [6.45, 7) is 4.03. The van der Waals surface area contributed by atoms with Crippen LogP contribution in [0, 0.1) is 0 Å². The average Bonchev–Trinajstić information content (AvgIpc) is 2.06. The first-order valence-corrected chi connectivity index (χ1v) is 4.52. The van der Waals surface area contributed by atoms with Gasteiger partial charge in [-0.3, -0.25) is 0 Å². The van der Waals surface area contributed by atoms with Crippen LogP contribution in [0.1, 0.15) is 13.8 Å². The molecule has 12 heavy (non-hydrogen) atoms. The van der Waals surface area contributed by atoms with Crippen molar-refractivity contribution >= 4 is 11.8 Å². The lowest BCUT2D eigenvalue weighted by atomic mass is 10.2. The van der Waals surface area contributed by atoms with Gasteiger partial charge in [-0.2, -0.15) is 0 Å². The van der Waals surface area contributed by atoms with Crippen LogP contribution in [0.2, 0.25) is 0 Å². The number of aliphatic hydroxyl groups is 1. The average molecular weight is 184 g/mol. The summed E-state index contributed by atoms with van der Waals surface area (Å²) in [4.78, 5) is 8.11. The van der Waals surface area contributed by atoms with E-state index in [1.807, 2.05) is 13.8 Å². The molecule has 0 unspecified atom stereocenters. The summed E-state index contributed by atoms with van der Waals surface area (Å²) in [6, 6.07) is 1.77. The molecule has 1 aromatic heterocycles. The normalized spacial score (nSPS) is 11.6. The second-order valence-electron chi connectivity index (χ2n) is 3.05. The first kappa shape index (κ1) is 9.48. The van der Waals surface area contributed by atoms with E-state index >= 15 is 0 Å². The van der Waals surface area contributed by atoms with Crippen molar-refractivity contribution in [2.24, 2.45) is 0 Å². The molecule has 1 aromatic rings. The van der Waals surface area contributed by atoms with Gasteiger partial charge in [0.2, 0.25) is 0 Å². The quantitative estimate of drug-likeness (QED) is 0.569. The molecular formula is C8H12N2OS. The van der Waals surface area contributed by atoms with E-state index < -0.39 is 0 Å². The molecule has 1 heterocycles. The van der Waals surface area contributed by atoms with E-state index in [0.29, 0.717) is 5.16 Å². The second kappa shape index (κ2) is 3.87. The highest BCUT2D eigenvalue weighted by molar-refractivity contribution is 8.00. The van der Waals surface area contributed by atoms with Crippen molar-refractivity contribution in [1.29, 1.82) is 0 Å². The Balaban J connectivity index is 2.64. The maximum atomic E-state index is 8.98. The standard InChI is InChI=1S/C8H12N2OS/c1-8(2,6-11)12-7-9-4-3-5-10-7/h3-5,11H,6H2,1-2H3. The van der Waals surface area contributed by atoms with Crippen molar-refractivity contribution in [3.8, 4) is 0 Å². The third-order valence-corrected chi connectivity index (χ3v) is 2.37. The Morgan fingerprint density at radius 2 is 2.00 bits per heavy atom. The highest BCUT2D eigenvalue weighted by atomic mass is 32.2. The van der Waals surface area contributed by atoms with Crippen LogP contribution in [0.3, 0.4) is 0 Å². The lowest BCUT2D eigenvalue weighted by Gasteiger charge is -2.18. The first-order chi connectivity index (χ1) is 5.64. The Labute approximate surface area is 76.2 Å². The SMILES string of the molecule is CC(C)(CO)Sc1ncccn1. The summed E-state index contributed by atoms with van der Waals surface area (Å²) in [6.07, 6.45) is 3.39. The molecule has 0 saturated carbocycles. The number of rotatable bonds is 3. The van der Waals surface area contributed by atoms with E-state index in [-0.39, 0.29) is 11.4 Å². The van der Waals surface area contributed by atoms with E-state index in [1.54, 1.807) is 18.5 Å². The Hall–Kier alpha value is -0.610. The van der Waals surface area contributed by atoms with Crippen LogP contribution in [0.4, 0.5) is 0 Å². The fourth-order valence-corrected chi connectivity index (χ4v) is 1.40. The van der Waals surface area contributed by atoms with Gasteiger partial charge in [-0.1, -0.05) is 11.8 Å². The summed E-state index contributed by atoms with van der Waals surface area (Å²) in [5.41, 5.74) is 0. The molecule has 0 aliphatic carbocycles. The molecule has 3 nitrogen and oxygen atoms in total. The van der Waals surface area contributed by atoms with Gasteiger partial charge in [0.15, 0.2) is 5.16 Å². The maximum Gasteiger partial charge on any atom is 0.188 e. The summed E-state index contributed by atoms with van der Waals surface area (Å²) in [5, 5.41) is 9.68. The van der Waals surface area contributed by atoms with E-state index in [4.69, 9.17) is 5.11 Å². The Morgan fingerprint density at radius 3 is 2.50 bits per heavy atom. The first-order valence-electron chi connectivity index (χ1n) is 3.71. The topological polar surface area (TPSA) is 46.0 Å². The van der Waals surface area contributed by atoms with Crippen molar-refractivity contribution < 1.29 is 5.11 Å². The van der Waals surface area contributed by atoms with Crippen molar-refractivity contribution in [2.45, 2.75) is 23.8 Å². The van der Waals surface area contributed by atoms with Crippen molar-refractivity contribution in [2.75, 3.05) is 6.61 Å². The lowest BCUT2D eigenvalue weighted by Crippen LogP contribution is -2.20. The predicted octanol–water partition coefficient (Wildman–Crippen LogP) is 1.34. The molecule has 4 heteroatoms. The largest absolute Gasteiger partial charge is 0.395 e. The van der Waals surface area contributed by atoms with Crippen molar-refractivity contribution in [1.82, 2.24) is 9.97 Å². The number of hydrogen-bond donors (Lipinski definition) is 1. The zero-order valence-corrected chi connectivity index (χ0v) is 8.01. The highest BCUT2D eigenvalue weighted by Gasteiger charge is 2.19. The molecule has 0 spiro atoms. The van der Waals surface area contributed by atoms with Gasteiger partial charge in [-0.25, -0.2) is 9.97 Å². The van der Waals surface area contributed by atoms with Crippen LogP contribution in [0.5, 0.6) is 0 Å². The van der Waals surface area contributed by atoms with Crippen LogP contribution < -0.4 is 0 Å². The smallest absolute Gasteiger partial charge is 0.188 e.